The number of nitrogens with zero attached hydrogens (tertiary/aromatic N) is 1. The second kappa shape index (κ2) is 5.51. The average Bonchev–Trinajstić information content (AvgIpc) is 2.54. The highest BCUT2D eigenvalue weighted by atomic mass is 32.2. The molecule has 2 aromatic rings. The quantitative estimate of drug-likeness (QED) is 0.845. The molecular formula is C16H14N2O4S. The summed E-state index contributed by atoms with van der Waals surface area (Å²) in [5, 5.41) is 0.694. The Kier molecular flexibility index (Phi) is 3.65. The van der Waals surface area contributed by atoms with Crippen molar-refractivity contribution in [3.63, 3.8) is 0 Å². The van der Waals surface area contributed by atoms with Gasteiger partial charge < -0.3 is 10.2 Å². The van der Waals surface area contributed by atoms with E-state index in [4.69, 9.17) is 0 Å². The van der Waals surface area contributed by atoms with E-state index in [0.717, 1.165) is 0 Å². The Balaban J connectivity index is 2.03. The number of rotatable bonds is 2. The highest BCUT2D eigenvalue weighted by molar-refractivity contribution is 7.94. The van der Waals surface area contributed by atoms with Gasteiger partial charge >= 0.3 is 0 Å². The van der Waals surface area contributed by atoms with Crippen molar-refractivity contribution in [2.75, 3.05) is 17.3 Å². The van der Waals surface area contributed by atoms with Crippen molar-refractivity contribution in [3.05, 3.63) is 54.6 Å². The molecule has 23 heavy (non-hydrogen) atoms. The number of benzene rings is 2. The SMILES string of the molecule is CN1C(=O)C(C(=O)Nc2ccccc2)S(=O)(=O)c2ccccc21. The minimum atomic E-state index is -4.09. The molecule has 0 aromatic heterocycles. The van der Waals surface area contributed by atoms with Crippen molar-refractivity contribution in [2.24, 2.45) is 0 Å². The van der Waals surface area contributed by atoms with Crippen LogP contribution in [-0.4, -0.2) is 32.5 Å². The molecule has 2 amide bonds. The van der Waals surface area contributed by atoms with Crippen LogP contribution in [0.5, 0.6) is 0 Å². The summed E-state index contributed by atoms with van der Waals surface area (Å²) >= 11 is 0. The van der Waals surface area contributed by atoms with Gasteiger partial charge in [0.25, 0.3) is 11.8 Å². The lowest BCUT2D eigenvalue weighted by atomic mass is 10.2. The van der Waals surface area contributed by atoms with Crippen molar-refractivity contribution in [2.45, 2.75) is 10.1 Å². The number of para-hydroxylation sites is 2. The van der Waals surface area contributed by atoms with Gasteiger partial charge in [-0.25, -0.2) is 8.42 Å². The number of anilines is 2. The van der Waals surface area contributed by atoms with Gasteiger partial charge in [0.05, 0.1) is 10.6 Å². The Morgan fingerprint density at radius 3 is 2.35 bits per heavy atom. The summed E-state index contributed by atoms with van der Waals surface area (Å²) in [6.45, 7) is 0. The van der Waals surface area contributed by atoms with E-state index in [2.05, 4.69) is 5.32 Å². The minimum Gasteiger partial charge on any atom is -0.324 e. The van der Waals surface area contributed by atoms with E-state index >= 15 is 0 Å². The smallest absolute Gasteiger partial charge is 0.255 e. The topological polar surface area (TPSA) is 83.6 Å². The van der Waals surface area contributed by atoms with E-state index in [-0.39, 0.29) is 10.6 Å². The second-order valence-electron chi connectivity index (χ2n) is 5.15. The number of amides is 2. The number of hydrogen-bond donors (Lipinski definition) is 1. The maximum atomic E-state index is 12.7. The minimum absolute atomic E-state index is 0.0182. The largest absolute Gasteiger partial charge is 0.324 e. The van der Waals surface area contributed by atoms with Crippen LogP contribution in [0, 0.1) is 0 Å². The van der Waals surface area contributed by atoms with E-state index in [0.29, 0.717) is 5.69 Å². The summed E-state index contributed by atoms with van der Waals surface area (Å²) in [5.41, 5.74) is 0.711. The first-order chi connectivity index (χ1) is 10.9. The molecule has 2 aromatic carbocycles. The summed E-state index contributed by atoms with van der Waals surface area (Å²) in [6, 6.07) is 14.6. The Hall–Kier alpha value is -2.67. The van der Waals surface area contributed by atoms with Gasteiger partial charge in [0, 0.05) is 12.7 Å². The van der Waals surface area contributed by atoms with E-state index in [1.807, 2.05) is 0 Å². The monoisotopic (exact) mass is 330 g/mol. The van der Waals surface area contributed by atoms with Gasteiger partial charge in [-0.05, 0) is 24.3 Å². The van der Waals surface area contributed by atoms with Crippen LogP contribution in [0.2, 0.25) is 0 Å². The van der Waals surface area contributed by atoms with E-state index in [1.54, 1.807) is 42.5 Å². The number of sulfone groups is 1. The third-order valence-corrected chi connectivity index (χ3v) is 5.67. The molecule has 118 valence electrons. The predicted octanol–water partition coefficient (Wildman–Crippen LogP) is 1.44. The molecule has 1 atom stereocenters. The van der Waals surface area contributed by atoms with Crippen LogP contribution < -0.4 is 10.2 Å². The van der Waals surface area contributed by atoms with Gasteiger partial charge in [-0.1, -0.05) is 30.3 Å². The summed E-state index contributed by atoms with van der Waals surface area (Å²) in [7, 11) is -2.63. The molecule has 0 radical (unpaired) electrons. The van der Waals surface area contributed by atoms with Crippen LogP contribution in [-0.2, 0) is 19.4 Å². The maximum absolute atomic E-state index is 12.7. The highest BCUT2D eigenvalue weighted by Crippen LogP contribution is 2.33. The third-order valence-electron chi connectivity index (χ3n) is 3.68. The number of nitrogens with one attached hydrogen (secondary N) is 1. The van der Waals surface area contributed by atoms with Crippen molar-refractivity contribution >= 4 is 33.0 Å². The Morgan fingerprint density at radius 1 is 1.04 bits per heavy atom. The van der Waals surface area contributed by atoms with Crippen molar-refractivity contribution in [1.29, 1.82) is 0 Å². The van der Waals surface area contributed by atoms with Gasteiger partial charge in [-0.3, -0.25) is 9.59 Å². The zero-order valence-corrected chi connectivity index (χ0v) is 13.1. The second-order valence-corrected chi connectivity index (χ2v) is 7.15. The molecule has 6 nitrogen and oxygen atoms in total. The van der Waals surface area contributed by atoms with Crippen LogP contribution in [0.4, 0.5) is 11.4 Å². The molecule has 0 saturated heterocycles. The molecule has 1 heterocycles. The van der Waals surface area contributed by atoms with Crippen LogP contribution in [0.25, 0.3) is 0 Å². The van der Waals surface area contributed by atoms with Gasteiger partial charge in [0.1, 0.15) is 0 Å². The van der Waals surface area contributed by atoms with Crippen LogP contribution >= 0.6 is 0 Å². The van der Waals surface area contributed by atoms with Gasteiger partial charge in [-0.15, -0.1) is 0 Å². The van der Waals surface area contributed by atoms with Crippen LogP contribution in [0.3, 0.4) is 0 Å². The fourth-order valence-corrected chi connectivity index (χ4v) is 4.29. The first kappa shape index (κ1) is 15.2. The van der Waals surface area contributed by atoms with E-state index in [1.165, 1.54) is 24.1 Å². The Labute approximate surface area is 133 Å². The normalized spacial score (nSPS) is 19.1. The molecule has 0 aliphatic carbocycles. The molecule has 1 unspecified atom stereocenters. The van der Waals surface area contributed by atoms with Crippen molar-refractivity contribution in [3.8, 4) is 0 Å². The Morgan fingerprint density at radius 2 is 1.65 bits per heavy atom. The van der Waals surface area contributed by atoms with Gasteiger partial charge in [0.15, 0.2) is 0 Å². The number of carbonyl (C=O) groups is 2. The standard InChI is InChI=1S/C16H14N2O4S/c1-18-12-9-5-6-10-13(12)23(21,22)14(16(18)20)15(19)17-11-7-3-2-4-8-11/h2-10,14H,1H3,(H,17,19). The number of hydrogen-bond acceptors (Lipinski definition) is 4. The molecular weight excluding hydrogens is 316 g/mol. The predicted molar refractivity (Wildman–Crippen MR) is 85.9 cm³/mol. The fourth-order valence-electron chi connectivity index (χ4n) is 2.51. The summed E-state index contributed by atoms with van der Waals surface area (Å²) in [5.74, 6) is -1.63. The van der Waals surface area contributed by atoms with Crippen LogP contribution in [0.15, 0.2) is 59.5 Å². The Bertz CT molecular complexity index is 878. The first-order valence-corrected chi connectivity index (χ1v) is 8.44. The zero-order valence-electron chi connectivity index (χ0n) is 12.3. The molecule has 1 N–H and O–H groups in total. The summed E-state index contributed by atoms with van der Waals surface area (Å²) in [4.78, 5) is 26.0. The maximum Gasteiger partial charge on any atom is 0.255 e. The average molecular weight is 330 g/mol. The summed E-state index contributed by atoms with van der Waals surface area (Å²) < 4.78 is 25.4. The lowest BCUT2D eigenvalue weighted by Crippen LogP contribution is -2.51. The van der Waals surface area contributed by atoms with Crippen molar-refractivity contribution < 1.29 is 18.0 Å². The number of carbonyl (C=O) groups excluding carboxylic acids is 2. The molecule has 0 fully saturated rings. The molecule has 7 heteroatoms. The summed E-state index contributed by atoms with van der Waals surface area (Å²) in [6.07, 6.45) is 0. The van der Waals surface area contributed by atoms with Crippen LogP contribution in [0.1, 0.15) is 0 Å². The first-order valence-electron chi connectivity index (χ1n) is 6.89. The fraction of sp³-hybridized carbons (Fsp3) is 0.125. The zero-order chi connectivity index (χ0) is 16.6. The molecule has 3 rings (SSSR count). The number of fused-ring (bicyclic) bond motifs is 1. The third kappa shape index (κ3) is 2.49. The molecule has 0 saturated carbocycles. The van der Waals surface area contributed by atoms with E-state index in [9.17, 15) is 18.0 Å². The van der Waals surface area contributed by atoms with Gasteiger partial charge in [-0.2, -0.15) is 0 Å². The molecule has 1 aliphatic rings. The van der Waals surface area contributed by atoms with E-state index < -0.39 is 26.9 Å². The van der Waals surface area contributed by atoms with Crippen molar-refractivity contribution in [1.82, 2.24) is 0 Å². The molecule has 0 spiro atoms. The molecule has 1 aliphatic heterocycles. The molecule has 0 bridgehead atoms. The lowest BCUT2D eigenvalue weighted by molar-refractivity contribution is -0.124. The van der Waals surface area contributed by atoms with Gasteiger partial charge in [0.2, 0.25) is 15.1 Å². The highest BCUT2D eigenvalue weighted by Gasteiger charge is 2.47. The lowest BCUT2D eigenvalue weighted by Gasteiger charge is -2.30.